The summed E-state index contributed by atoms with van der Waals surface area (Å²) >= 11 is 0. The van der Waals surface area contributed by atoms with Gasteiger partial charge in [-0.3, -0.25) is 0 Å². The van der Waals surface area contributed by atoms with Gasteiger partial charge in [-0.1, -0.05) is 78.6 Å². The molecule has 0 aromatic rings. The first-order valence-corrected chi connectivity index (χ1v) is 12.3. The predicted molar refractivity (Wildman–Crippen MR) is 122 cm³/mol. The Morgan fingerprint density at radius 1 is 0.576 bits per heavy atom. The molecule has 9 heteroatoms. The van der Waals surface area contributed by atoms with Gasteiger partial charge in [0.15, 0.2) is 24.4 Å². The van der Waals surface area contributed by atoms with Crippen molar-refractivity contribution < 1.29 is 43.9 Å². The van der Waals surface area contributed by atoms with Crippen LogP contribution in [-0.4, -0.2) is 70.9 Å². The van der Waals surface area contributed by atoms with E-state index in [9.17, 15) is 29.7 Å². The third kappa shape index (κ3) is 15.7. The molecule has 0 saturated carbocycles. The maximum Gasteiger partial charge on any atom is 0.335 e. The van der Waals surface area contributed by atoms with Crippen molar-refractivity contribution in [1.82, 2.24) is 0 Å². The lowest BCUT2D eigenvalue weighted by Gasteiger charge is -2.21. The number of unbranched alkanes of at least 4 members (excludes halogenated alkanes) is 6. The lowest BCUT2D eigenvalue weighted by atomic mass is 10.1. The number of esters is 3. The summed E-state index contributed by atoms with van der Waals surface area (Å²) in [5, 5.41) is 29.8. The van der Waals surface area contributed by atoms with Crippen LogP contribution in [0.3, 0.4) is 0 Å². The fourth-order valence-electron chi connectivity index (χ4n) is 3.02. The van der Waals surface area contributed by atoms with E-state index in [0.717, 1.165) is 38.5 Å². The number of aliphatic hydroxyl groups is 3. The van der Waals surface area contributed by atoms with Crippen LogP contribution in [0.2, 0.25) is 0 Å². The van der Waals surface area contributed by atoms with Crippen molar-refractivity contribution in [2.75, 3.05) is 13.2 Å². The second-order valence-corrected chi connectivity index (χ2v) is 8.35. The van der Waals surface area contributed by atoms with E-state index in [4.69, 9.17) is 14.2 Å². The molecule has 0 amide bonds. The fraction of sp³-hybridized carbons (Fsp3) is 0.875. The quantitative estimate of drug-likeness (QED) is 0.137. The monoisotopic (exact) mass is 476 g/mol. The molecule has 0 fully saturated rings. The molecule has 3 atom stereocenters. The Kier molecular flexibility index (Phi) is 18.7. The van der Waals surface area contributed by atoms with Gasteiger partial charge in [-0.2, -0.15) is 0 Å². The van der Waals surface area contributed by atoms with Crippen LogP contribution in [0, 0.1) is 0 Å². The van der Waals surface area contributed by atoms with Crippen LogP contribution in [-0.2, 0) is 28.6 Å². The molecule has 9 nitrogen and oxygen atoms in total. The third-order valence-electron chi connectivity index (χ3n) is 5.17. The summed E-state index contributed by atoms with van der Waals surface area (Å²) in [5.41, 5.74) is 0. The van der Waals surface area contributed by atoms with Gasteiger partial charge in [0.25, 0.3) is 0 Å². The molecule has 0 rings (SSSR count). The lowest BCUT2D eigenvalue weighted by Crippen LogP contribution is -2.37. The number of carbonyl (C=O) groups is 3. The molecule has 0 aromatic carbocycles. The largest absolute Gasteiger partial charge is 0.460 e. The summed E-state index contributed by atoms with van der Waals surface area (Å²) in [4.78, 5) is 36.2. The third-order valence-corrected chi connectivity index (χ3v) is 5.17. The zero-order valence-electron chi connectivity index (χ0n) is 20.5. The summed E-state index contributed by atoms with van der Waals surface area (Å²) in [7, 11) is 0. The first-order valence-electron chi connectivity index (χ1n) is 12.3. The summed E-state index contributed by atoms with van der Waals surface area (Å²) in [6.07, 6.45) is 3.03. The molecule has 0 saturated heterocycles. The highest BCUT2D eigenvalue weighted by molar-refractivity contribution is 5.76. The molecule has 0 radical (unpaired) electrons. The van der Waals surface area contributed by atoms with Crippen molar-refractivity contribution >= 4 is 17.9 Å². The van der Waals surface area contributed by atoms with Gasteiger partial charge in [0, 0.05) is 0 Å². The van der Waals surface area contributed by atoms with Crippen molar-refractivity contribution in [3.05, 3.63) is 0 Å². The Balaban J connectivity index is 4.81. The van der Waals surface area contributed by atoms with E-state index in [-0.39, 0.29) is 19.3 Å². The first-order chi connectivity index (χ1) is 15.8. The second kappa shape index (κ2) is 19.7. The normalized spacial score (nSPS) is 14.7. The number of hydrogen-bond acceptors (Lipinski definition) is 9. The zero-order valence-corrected chi connectivity index (χ0v) is 20.5. The minimum Gasteiger partial charge on any atom is -0.460 e. The number of aliphatic hydroxyl groups excluding tert-OH is 3. The lowest BCUT2D eigenvalue weighted by molar-refractivity contribution is -0.177. The Morgan fingerprint density at radius 3 is 1.24 bits per heavy atom. The first kappa shape index (κ1) is 31.3. The van der Waals surface area contributed by atoms with Crippen LogP contribution in [0.5, 0.6) is 0 Å². The summed E-state index contributed by atoms with van der Waals surface area (Å²) in [6.45, 7) is 5.11. The SMILES string of the molecule is CCCCCC(O)C(=O)OCC(COC(=O)C(O)CCCCC)OC(=O)C(O)CCCCC. The van der Waals surface area contributed by atoms with Crippen LogP contribution in [0.25, 0.3) is 0 Å². The van der Waals surface area contributed by atoms with Crippen LogP contribution in [0.15, 0.2) is 0 Å². The molecule has 0 aliphatic heterocycles. The minimum absolute atomic E-state index is 0.227. The van der Waals surface area contributed by atoms with E-state index < -0.39 is 55.5 Å². The molecule has 0 aliphatic rings. The summed E-state index contributed by atoms with van der Waals surface area (Å²) < 4.78 is 15.3. The summed E-state index contributed by atoms with van der Waals surface area (Å²) in [6, 6.07) is 0. The second-order valence-electron chi connectivity index (χ2n) is 8.35. The fourth-order valence-corrected chi connectivity index (χ4v) is 3.02. The highest BCUT2D eigenvalue weighted by Crippen LogP contribution is 2.10. The van der Waals surface area contributed by atoms with Crippen molar-refractivity contribution in [2.24, 2.45) is 0 Å². The highest BCUT2D eigenvalue weighted by atomic mass is 16.6. The topological polar surface area (TPSA) is 140 Å². The van der Waals surface area contributed by atoms with Crippen LogP contribution < -0.4 is 0 Å². The number of ether oxygens (including phenoxy) is 3. The standard InChI is InChI=1S/C24H44O9/c1-4-7-10-13-19(25)22(28)31-16-18(33-24(30)21(27)15-12-9-6-3)17-32-23(29)20(26)14-11-8-5-2/h18-21,25-27H,4-17H2,1-3H3. The average molecular weight is 477 g/mol. The molecule has 0 spiro atoms. The number of carbonyl (C=O) groups excluding carboxylic acids is 3. The van der Waals surface area contributed by atoms with Crippen molar-refractivity contribution in [2.45, 2.75) is 122 Å². The van der Waals surface area contributed by atoms with Crippen LogP contribution in [0.1, 0.15) is 97.8 Å². The van der Waals surface area contributed by atoms with E-state index in [1.54, 1.807) is 0 Å². The maximum absolute atomic E-state index is 12.2. The number of hydrogen-bond donors (Lipinski definition) is 3. The predicted octanol–water partition coefficient (Wildman–Crippen LogP) is 2.81. The summed E-state index contributed by atoms with van der Waals surface area (Å²) in [5.74, 6) is -2.63. The van der Waals surface area contributed by atoms with Crippen molar-refractivity contribution in [1.29, 1.82) is 0 Å². The van der Waals surface area contributed by atoms with Crippen molar-refractivity contribution in [3.63, 3.8) is 0 Å². The van der Waals surface area contributed by atoms with Gasteiger partial charge in [-0.15, -0.1) is 0 Å². The Bertz CT molecular complexity index is 506. The molecular weight excluding hydrogens is 432 g/mol. The van der Waals surface area contributed by atoms with E-state index in [0.29, 0.717) is 19.3 Å². The molecule has 0 aliphatic carbocycles. The van der Waals surface area contributed by atoms with Gasteiger partial charge in [0.05, 0.1) is 0 Å². The van der Waals surface area contributed by atoms with Crippen molar-refractivity contribution in [3.8, 4) is 0 Å². The molecule has 3 unspecified atom stereocenters. The van der Waals surface area contributed by atoms with E-state index in [1.165, 1.54) is 0 Å². The van der Waals surface area contributed by atoms with Crippen LogP contribution in [0.4, 0.5) is 0 Å². The highest BCUT2D eigenvalue weighted by Gasteiger charge is 2.26. The Hall–Kier alpha value is -1.71. The maximum atomic E-state index is 12.2. The molecule has 0 aromatic heterocycles. The molecule has 3 N–H and O–H groups in total. The van der Waals surface area contributed by atoms with E-state index in [2.05, 4.69) is 0 Å². The minimum atomic E-state index is -1.34. The Morgan fingerprint density at radius 2 is 0.909 bits per heavy atom. The van der Waals surface area contributed by atoms with Gasteiger partial charge < -0.3 is 29.5 Å². The van der Waals surface area contributed by atoms with Gasteiger partial charge in [-0.25, -0.2) is 14.4 Å². The van der Waals surface area contributed by atoms with Gasteiger partial charge in [-0.05, 0) is 19.3 Å². The molecule has 33 heavy (non-hydrogen) atoms. The van der Waals surface area contributed by atoms with Gasteiger partial charge in [0.1, 0.15) is 13.2 Å². The van der Waals surface area contributed by atoms with Gasteiger partial charge in [0.2, 0.25) is 0 Å². The number of rotatable bonds is 20. The molecule has 0 heterocycles. The van der Waals surface area contributed by atoms with Crippen LogP contribution >= 0.6 is 0 Å². The Labute approximate surface area is 197 Å². The molecular formula is C24H44O9. The molecule has 194 valence electrons. The smallest absolute Gasteiger partial charge is 0.335 e. The van der Waals surface area contributed by atoms with E-state index >= 15 is 0 Å². The molecule has 0 bridgehead atoms. The average Bonchev–Trinajstić information content (AvgIpc) is 2.80. The zero-order chi connectivity index (χ0) is 25.1. The van der Waals surface area contributed by atoms with E-state index in [1.807, 2.05) is 20.8 Å². The van der Waals surface area contributed by atoms with Gasteiger partial charge >= 0.3 is 17.9 Å².